The van der Waals surface area contributed by atoms with Crippen LogP contribution < -0.4 is 10.6 Å². The number of carbonyl (C=O) groups is 1. The normalized spacial score (nSPS) is 26.5. The summed E-state index contributed by atoms with van der Waals surface area (Å²) in [4.78, 5) is 12.5. The number of halogens is 1. The van der Waals surface area contributed by atoms with Crippen molar-refractivity contribution in [2.45, 2.75) is 36.8 Å². The first-order chi connectivity index (χ1) is 9.75. The van der Waals surface area contributed by atoms with Crippen LogP contribution in [0, 0.1) is 0 Å². The highest BCUT2D eigenvalue weighted by molar-refractivity contribution is 5.86. The van der Waals surface area contributed by atoms with Gasteiger partial charge in [-0.05, 0) is 37.9 Å². The highest BCUT2D eigenvalue weighted by atomic mass is 35.5. The van der Waals surface area contributed by atoms with Gasteiger partial charge in [-0.3, -0.25) is 4.79 Å². The highest BCUT2D eigenvalue weighted by Crippen LogP contribution is 2.41. The number of piperidine rings is 1. The summed E-state index contributed by atoms with van der Waals surface area (Å²) in [5.74, 6) is 0.528. The zero-order valence-electron chi connectivity index (χ0n) is 12.3. The average molecular weight is 311 g/mol. The van der Waals surface area contributed by atoms with Crippen molar-refractivity contribution in [2.24, 2.45) is 0 Å². The molecule has 0 spiro atoms. The lowest BCUT2D eigenvalue weighted by molar-refractivity contribution is -0.146. The molecule has 2 unspecified atom stereocenters. The molecule has 1 saturated carbocycles. The Bertz CT molecular complexity index is 474. The molecule has 2 aliphatic rings. The van der Waals surface area contributed by atoms with E-state index in [1.807, 2.05) is 6.07 Å². The van der Waals surface area contributed by atoms with Gasteiger partial charge >= 0.3 is 0 Å². The van der Waals surface area contributed by atoms with Crippen molar-refractivity contribution in [1.82, 2.24) is 10.6 Å². The molecule has 2 atom stereocenters. The summed E-state index contributed by atoms with van der Waals surface area (Å²) in [6, 6.07) is 10.7. The smallest absolute Gasteiger partial charge is 0.252 e. The van der Waals surface area contributed by atoms with Crippen LogP contribution in [-0.2, 0) is 9.53 Å². The summed E-state index contributed by atoms with van der Waals surface area (Å²) in [6.45, 7) is 1.68. The van der Waals surface area contributed by atoms with E-state index < -0.39 is 5.60 Å². The van der Waals surface area contributed by atoms with Crippen LogP contribution in [0.4, 0.5) is 0 Å². The van der Waals surface area contributed by atoms with Crippen molar-refractivity contribution in [2.75, 3.05) is 20.2 Å². The quantitative estimate of drug-likeness (QED) is 0.892. The first-order valence-electron chi connectivity index (χ1n) is 7.37. The topological polar surface area (TPSA) is 50.4 Å². The Labute approximate surface area is 132 Å². The Morgan fingerprint density at radius 3 is 2.57 bits per heavy atom. The summed E-state index contributed by atoms with van der Waals surface area (Å²) < 4.78 is 5.56. The molecular weight excluding hydrogens is 288 g/mol. The number of methoxy groups -OCH3 is 1. The molecule has 1 aromatic rings. The van der Waals surface area contributed by atoms with E-state index >= 15 is 0 Å². The molecule has 3 rings (SSSR count). The van der Waals surface area contributed by atoms with Crippen LogP contribution in [0.1, 0.15) is 30.7 Å². The fourth-order valence-corrected chi connectivity index (χ4v) is 3.08. The SMILES string of the molecule is COC1(C(=O)NC2CC2c2ccccc2)CCNCC1.Cl. The lowest BCUT2D eigenvalue weighted by Crippen LogP contribution is -2.54. The zero-order chi connectivity index (χ0) is 14.0. The van der Waals surface area contributed by atoms with Crippen LogP contribution in [0.2, 0.25) is 0 Å². The summed E-state index contributed by atoms with van der Waals surface area (Å²) in [6.07, 6.45) is 2.53. The number of carbonyl (C=O) groups excluding carboxylic acids is 1. The zero-order valence-corrected chi connectivity index (χ0v) is 13.1. The molecular formula is C16H23ClN2O2. The molecule has 2 fully saturated rings. The molecule has 21 heavy (non-hydrogen) atoms. The number of ether oxygens (including phenoxy) is 1. The molecule has 1 aliphatic heterocycles. The largest absolute Gasteiger partial charge is 0.368 e. The van der Waals surface area contributed by atoms with E-state index in [1.165, 1.54) is 5.56 Å². The van der Waals surface area contributed by atoms with Crippen LogP contribution in [0.25, 0.3) is 0 Å². The van der Waals surface area contributed by atoms with Gasteiger partial charge in [0.2, 0.25) is 0 Å². The number of benzene rings is 1. The van der Waals surface area contributed by atoms with Gasteiger partial charge in [-0.25, -0.2) is 0 Å². The van der Waals surface area contributed by atoms with Crippen molar-refractivity contribution in [3.8, 4) is 0 Å². The van der Waals surface area contributed by atoms with Gasteiger partial charge in [0.1, 0.15) is 5.60 Å². The van der Waals surface area contributed by atoms with Gasteiger partial charge in [0.15, 0.2) is 0 Å². The molecule has 0 radical (unpaired) electrons. The Hall–Kier alpha value is -1.10. The van der Waals surface area contributed by atoms with E-state index in [-0.39, 0.29) is 24.4 Å². The van der Waals surface area contributed by atoms with Crippen molar-refractivity contribution in [3.05, 3.63) is 35.9 Å². The maximum atomic E-state index is 12.5. The average Bonchev–Trinajstić information content (AvgIpc) is 3.28. The predicted octanol–water partition coefficient (Wildman–Crippen LogP) is 1.85. The number of amides is 1. The number of hydrogen-bond donors (Lipinski definition) is 2. The van der Waals surface area contributed by atoms with Gasteiger partial charge in [0.05, 0.1) is 0 Å². The molecule has 4 nitrogen and oxygen atoms in total. The Morgan fingerprint density at radius 2 is 1.95 bits per heavy atom. The Kier molecular flexibility index (Phi) is 5.25. The molecule has 116 valence electrons. The van der Waals surface area contributed by atoms with Crippen molar-refractivity contribution >= 4 is 18.3 Å². The van der Waals surface area contributed by atoms with Gasteiger partial charge < -0.3 is 15.4 Å². The highest BCUT2D eigenvalue weighted by Gasteiger charge is 2.45. The molecule has 1 aromatic carbocycles. The van der Waals surface area contributed by atoms with Crippen LogP contribution in [-0.4, -0.2) is 37.7 Å². The Morgan fingerprint density at radius 1 is 1.29 bits per heavy atom. The molecule has 1 amide bonds. The van der Waals surface area contributed by atoms with Gasteiger partial charge in [0.25, 0.3) is 5.91 Å². The standard InChI is InChI=1S/C16H22N2O2.ClH/c1-20-16(7-9-17-10-8-16)15(19)18-14-11-13(14)12-5-3-2-4-6-12;/h2-6,13-14,17H,7-11H2,1H3,(H,18,19);1H. The van der Waals surface area contributed by atoms with E-state index in [1.54, 1.807) is 7.11 Å². The van der Waals surface area contributed by atoms with Gasteiger partial charge in [0, 0.05) is 19.1 Å². The molecule has 1 heterocycles. The van der Waals surface area contributed by atoms with Crippen molar-refractivity contribution in [3.63, 3.8) is 0 Å². The van der Waals surface area contributed by atoms with Crippen LogP contribution in [0.15, 0.2) is 30.3 Å². The second-order valence-electron chi connectivity index (χ2n) is 5.78. The maximum Gasteiger partial charge on any atom is 0.252 e. The second-order valence-corrected chi connectivity index (χ2v) is 5.78. The third-order valence-electron chi connectivity index (χ3n) is 4.55. The number of nitrogens with one attached hydrogen (secondary N) is 2. The summed E-state index contributed by atoms with van der Waals surface area (Å²) in [5, 5.41) is 6.44. The minimum absolute atomic E-state index is 0. The molecule has 1 aliphatic carbocycles. The molecule has 1 saturated heterocycles. The van der Waals surface area contributed by atoms with E-state index in [0.717, 1.165) is 32.4 Å². The molecule has 5 heteroatoms. The number of rotatable bonds is 4. The van der Waals surface area contributed by atoms with Crippen LogP contribution >= 0.6 is 12.4 Å². The minimum Gasteiger partial charge on any atom is -0.368 e. The van der Waals surface area contributed by atoms with Crippen LogP contribution in [0.3, 0.4) is 0 Å². The van der Waals surface area contributed by atoms with Crippen molar-refractivity contribution < 1.29 is 9.53 Å². The Balaban J connectivity index is 0.00000161. The lowest BCUT2D eigenvalue weighted by atomic mass is 9.91. The van der Waals surface area contributed by atoms with Gasteiger partial charge in [-0.15, -0.1) is 12.4 Å². The van der Waals surface area contributed by atoms with E-state index in [2.05, 4.69) is 34.9 Å². The minimum atomic E-state index is -0.630. The van der Waals surface area contributed by atoms with Crippen LogP contribution in [0.5, 0.6) is 0 Å². The fourth-order valence-electron chi connectivity index (χ4n) is 3.08. The third kappa shape index (κ3) is 3.39. The van der Waals surface area contributed by atoms with E-state index in [9.17, 15) is 4.79 Å². The third-order valence-corrected chi connectivity index (χ3v) is 4.55. The van der Waals surface area contributed by atoms with E-state index in [4.69, 9.17) is 4.74 Å². The second kappa shape index (κ2) is 6.77. The van der Waals surface area contributed by atoms with E-state index in [0.29, 0.717) is 5.92 Å². The lowest BCUT2D eigenvalue weighted by Gasteiger charge is -2.34. The monoisotopic (exact) mass is 310 g/mol. The molecule has 0 bridgehead atoms. The first-order valence-corrected chi connectivity index (χ1v) is 7.37. The predicted molar refractivity (Wildman–Crippen MR) is 84.8 cm³/mol. The fraction of sp³-hybridized carbons (Fsp3) is 0.562. The summed E-state index contributed by atoms with van der Waals surface area (Å²) in [7, 11) is 1.65. The summed E-state index contributed by atoms with van der Waals surface area (Å²) in [5.41, 5.74) is 0.685. The van der Waals surface area contributed by atoms with Gasteiger partial charge in [-0.1, -0.05) is 30.3 Å². The first kappa shape index (κ1) is 16.3. The summed E-state index contributed by atoms with van der Waals surface area (Å²) >= 11 is 0. The molecule has 0 aromatic heterocycles. The molecule has 2 N–H and O–H groups in total. The van der Waals surface area contributed by atoms with Crippen molar-refractivity contribution in [1.29, 1.82) is 0 Å². The maximum absolute atomic E-state index is 12.5. The van der Waals surface area contributed by atoms with Gasteiger partial charge in [-0.2, -0.15) is 0 Å². The number of hydrogen-bond acceptors (Lipinski definition) is 3.